The van der Waals surface area contributed by atoms with Gasteiger partial charge in [-0.2, -0.15) is 0 Å². The third kappa shape index (κ3) is 6.48. The summed E-state index contributed by atoms with van der Waals surface area (Å²) in [6.07, 6.45) is 0. The Hall–Kier alpha value is -1.59. The standard InChI is InChI=1S/C7H6O3.C3H8O2/c8-6-3-1-5(2-4-6)7(9)10;1-5-3-2-4/h1-4,8H,(H,9,10);4H,2-3H2,1H3. The fourth-order valence-corrected chi connectivity index (χ4v) is 0.695. The van der Waals surface area contributed by atoms with E-state index in [0.29, 0.717) is 6.61 Å². The summed E-state index contributed by atoms with van der Waals surface area (Å²) in [5, 5.41) is 25.1. The van der Waals surface area contributed by atoms with Crippen LogP contribution in [0.2, 0.25) is 0 Å². The quantitative estimate of drug-likeness (QED) is 0.690. The van der Waals surface area contributed by atoms with Crippen LogP contribution in [0.3, 0.4) is 0 Å². The number of phenolic OH excluding ortho intramolecular Hbond substituents is 1. The molecule has 3 N–H and O–H groups in total. The zero-order valence-electron chi connectivity index (χ0n) is 8.38. The van der Waals surface area contributed by atoms with Crippen molar-refractivity contribution in [2.75, 3.05) is 20.3 Å². The van der Waals surface area contributed by atoms with Gasteiger partial charge in [-0.05, 0) is 24.3 Å². The molecule has 0 unspecified atom stereocenters. The molecule has 0 spiro atoms. The summed E-state index contributed by atoms with van der Waals surface area (Å²) >= 11 is 0. The number of benzene rings is 1. The smallest absolute Gasteiger partial charge is 0.335 e. The molecule has 84 valence electrons. The van der Waals surface area contributed by atoms with Crippen molar-refractivity contribution in [3.05, 3.63) is 29.8 Å². The molecule has 0 bridgehead atoms. The third-order valence-corrected chi connectivity index (χ3v) is 1.41. The van der Waals surface area contributed by atoms with Gasteiger partial charge in [0.05, 0.1) is 18.8 Å². The topological polar surface area (TPSA) is 87.0 Å². The highest BCUT2D eigenvalue weighted by Gasteiger charge is 1.99. The van der Waals surface area contributed by atoms with Gasteiger partial charge in [-0.15, -0.1) is 0 Å². The van der Waals surface area contributed by atoms with E-state index >= 15 is 0 Å². The maximum absolute atomic E-state index is 10.2. The lowest BCUT2D eigenvalue weighted by atomic mass is 10.2. The van der Waals surface area contributed by atoms with Crippen LogP contribution in [0.25, 0.3) is 0 Å². The number of methoxy groups -OCH3 is 1. The molecule has 15 heavy (non-hydrogen) atoms. The Morgan fingerprint density at radius 2 is 1.87 bits per heavy atom. The molecule has 0 heterocycles. The molecular weight excluding hydrogens is 200 g/mol. The zero-order chi connectivity index (χ0) is 11.7. The summed E-state index contributed by atoms with van der Waals surface area (Å²) < 4.78 is 4.44. The predicted molar refractivity (Wildman–Crippen MR) is 54.0 cm³/mol. The van der Waals surface area contributed by atoms with E-state index in [1.54, 1.807) is 7.11 Å². The van der Waals surface area contributed by atoms with Gasteiger partial charge in [0.2, 0.25) is 0 Å². The van der Waals surface area contributed by atoms with Crippen molar-refractivity contribution in [1.29, 1.82) is 0 Å². The molecule has 1 aromatic carbocycles. The number of ether oxygens (including phenoxy) is 1. The van der Waals surface area contributed by atoms with Crippen molar-refractivity contribution in [3.63, 3.8) is 0 Å². The molecule has 0 aliphatic carbocycles. The zero-order valence-corrected chi connectivity index (χ0v) is 8.38. The number of aromatic hydroxyl groups is 1. The number of carbonyl (C=O) groups is 1. The number of carboxylic acids is 1. The number of aliphatic hydroxyl groups is 1. The minimum atomic E-state index is -0.986. The third-order valence-electron chi connectivity index (χ3n) is 1.41. The van der Waals surface area contributed by atoms with Crippen LogP contribution in [0.4, 0.5) is 0 Å². The SMILES string of the molecule is COCCO.O=C(O)c1ccc(O)cc1. The van der Waals surface area contributed by atoms with Crippen LogP contribution >= 0.6 is 0 Å². The maximum Gasteiger partial charge on any atom is 0.335 e. The fourth-order valence-electron chi connectivity index (χ4n) is 0.695. The van der Waals surface area contributed by atoms with E-state index in [-0.39, 0.29) is 17.9 Å². The van der Waals surface area contributed by atoms with Gasteiger partial charge in [-0.25, -0.2) is 4.79 Å². The lowest BCUT2D eigenvalue weighted by molar-refractivity contribution is 0.0697. The molecule has 0 radical (unpaired) electrons. The van der Waals surface area contributed by atoms with Gasteiger partial charge in [0, 0.05) is 7.11 Å². The fraction of sp³-hybridized carbons (Fsp3) is 0.300. The second kappa shape index (κ2) is 7.78. The highest BCUT2D eigenvalue weighted by Crippen LogP contribution is 2.08. The van der Waals surface area contributed by atoms with E-state index < -0.39 is 5.97 Å². The Morgan fingerprint density at radius 3 is 2.13 bits per heavy atom. The number of rotatable bonds is 3. The minimum absolute atomic E-state index is 0.0741. The number of aliphatic hydroxyl groups excluding tert-OH is 1. The Bertz CT molecular complexity index is 278. The van der Waals surface area contributed by atoms with Crippen LogP contribution in [0.5, 0.6) is 5.75 Å². The van der Waals surface area contributed by atoms with E-state index in [0.717, 1.165) is 0 Å². The average Bonchev–Trinajstić information content (AvgIpc) is 2.20. The number of aromatic carboxylic acids is 1. The average molecular weight is 214 g/mol. The van der Waals surface area contributed by atoms with Crippen LogP contribution in [-0.4, -0.2) is 41.6 Å². The first-order valence-electron chi connectivity index (χ1n) is 4.24. The van der Waals surface area contributed by atoms with Crippen molar-refractivity contribution in [3.8, 4) is 5.75 Å². The van der Waals surface area contributed by atoms with Crippen molar-refractivity contribution in [1.82, 2.24) is 0 Å². The predicted octanol–water partition coefficient (Wildman–Crippen LogP) is 0.716. The first kappa shape index (κ1) is 13.4. The number of hydrogen-bond donors (Lipinski definition) is 3. The van der Waals surface area contributed by atoms with E-state index in [9.17, 15) is 4.79 Å². The Balaban J connectivity index is 0.000000336. The van der Waals surface area contributed by atoms with E-state index in [4.69, 9.17) is 15.3 Å². The summed E-state index contributed by atoms with van der Waals surface area (Å²) in [5.41, 5.74) is 0.179. The largest absolute Gasteiger partial charge is 0.508 e. The molecule has 1 aromatic rings. The molecule has 0 aliphatic rings. The van der Waals surface area contributed by atoms with Crippen molar-refractivity contribution in [2.45, 2.75) is 0 Å². The van der Waals surface area contributed by atoms with Crippen molar-refractivity contribution < 1.29 is 24.9 Å². The number of phenols is 1. The lowest BCUT2D eigenvalue weighted by Crippen LogP contribution is -1.93. The molecule has 0 aliphatic heterocycles. The molecule has 0 atom stereocenters. The van der Waals surface area contributed by atoms with Gasteiger partial charge in [0.25, 0.3) is 0 Å². The molecule has 0 aromatic heterocycles. The van der Waals surface area contributed by atoms with Crippen LogP contribution < -0.4 is 0 Å². The molecule has 0 saturated heterocycles. The van der Waals surface area contributed by atoms with Gasteiger partial charge in [-0.1, -0.05) is 0 Å². The van der Waals surface area contributed by atoms with E-state index in [2.05, 4.69) is 4.74 Å². The van der Waals surface area contributed by atoms with Gasteiger partial charge in [0.1, 0.15) is 5.75 Å². The second-order valence-electron chi connectivity index (χ2n) is 2.57. The highest BCUT2D eigenvalue weighted by molar-refractivity contribution is 5.87. The Labute approximate surface area is 87.6 Å². The first-order valence-corrected chi connectivity index (χ1v) is 4.24. The van der Waals surface area contributed by atoms with E-state index in [1.807, 2.05) is 0 Å². The first-order chi connectivity index (χ1) is 7.11. The summed E-state index contributed by atoms with van der Waals surface area (Å²) in [5.74, 6) is -0.912. The summed E-state index contributed by atoms with van der Waals surface area (Å²) in [6, 6.07) is 5.36. The molecule has 0 saturated carbocycles. The lowest BCUT2D eigenvalue weighted by Gasteiger charge is -1.92. The van der Waals surface area contributed by atoms with Crippen molar-refractivity contribution >= 4 is 5.97 Å². The van der Waals surface area contributed by atoms with Gasteiger partial charge < -0.3 is 20.1 Å². The molecule has 5 nitrogen and oxygen atoms in total. The summed E-state index contributed by atoms with van der Waals surface area (Å²) in [6.45, 7) is 0.566. The molecule has 5 heteroatoms. The van der Waals surface area contributed by atoms with E-state index in [1.165, 1.54) is 24.3 Å². The van der Waals surface area contributed by atoms with Crippen LogP contribution in [0.15, 0.2) is 24.3 Å². The van der Waals surface area contributed by atoms with Gasteiger partial charge in [-0.3, -0.25) is 0 Å². The molecule has 1 rings (SSSR count). The van der Waals surface area contributed by atoms with Crippen molar-refractivity contribution in [2.24, 2.45) is 0 Å². The maximum atomic E-state index is 10.2. The summed E-state index contributed by atoms with van der Waals surface area (Å²) in [4.78, 5) is 10.2. The molecular formula is C10H14O5. The number of hydrogen-bond acceptors (Lipinski definition) is 4. The van der Waals surface area contributed by atoms with Gasteiger partial charge >= 0.3 is 5.97 Å². The monoisotopic (exact) mass is 214 g/mol. The van der Waals surface area contributed by atoms with Crippen LogP contribution in [-0.2, 0) is 4.74 Å². The molecule has 0 amide bonds. The van der Waals surface area contributed by atoms with Crippen LogP contribution in [0.1, 0.15) is 10.4 Å². The second-order valence-corrected chi connectivity index (χ2v) is 2.57. The van der Waals surface area contributed by atoms with Crippen LogP contribution in [0, 0.1) is 0 Å². The minimum Gasteiger partial charge on any atom is -0.508 e. The Morgan fingerprint density at radius 1 is 1.33 bits per heavy atom. The number of carboxylic acid groups (broad SMARTS) is 1. The normalized spacial score (nSPS) is 8.93. The summed E-state index contributed by atoms with van der Waals surface area (Å²) in [7, 11) is 1.55. The Kier molecular flexibility index (Phi) is 6.96. The van der Waals surface area contributed by atoms with Gasteiger partial charge in [0.15, 0.2) is 0 Å². The molecule has 0 fully saturated rings. The highest BCUT2D eigenvalue weighted by atomic mass is 16.5.